The summed E-state index contributed by atoms with van der Waals surface area (Å²) in [6, 6.07) is 14.0. The van der Waals surface area contributed by atoms with Crippen LogP contribution in [-0.4, -0.2) is 22.4 Å². The first-order valence-corrected chi connectivity index (χ1v) is 9.59. The number of hydrogen-bond donors (Lipinski definition) is 1. The molecule has 0 aliphatic rings. The predicted molar refractivity (Wildman–Crippen MR) is 109 cm³/mol. The summed E-state index contributed by atoms with van der Waals surface area (Å²) in [7, 11) is 0. The molecule has 0 saturated carbocycles. The van der Waals surface area contributed by atoms with Gasteiger partial charge >= 0.3 is 0 Å². The summed E-state index contributed by atoms with van der Waals surface area (Å²) < 4.78 is 5.68. The summed E-state index contributed by atoms with van der Waals surface area (Å²) in [5.74, 6) is 0.678. The van der Waals surface area contributed by atoms with E-state index in [-0.39, 0.29) is 11.6 Å². The molecule has 144 valence electrons. The maximum atomic E-state index is 12.1. The van der Waals surface area contributed by atoms with Crippen LogP contribution in [0, 0.1) is 17.0 Å². The second-order valence-corrected chi connectivity index (χ2v) is 6.97. The standard InChI is InChI=1S/C20H19N3O4S/c1-14-6-2-3-9-18(14)27-11-5-10-19(24)22-20-21-17(13-28-20)15-7-4-8-16(12-15)23(25)26/h2-4,6-9,12-13H,5,10-11H2,1H3,(H,21,22,24). The SMILES string of the molecule is Cc1ccccc1OCCCC(=O)Nc1nc(-c2cccc([N+](=O)[O-])c2)cs1. The maximum absolute atomic E-state index is 12.1. The van der Waals surface area contributed by atoms with Crippen LogP contribution in [0.25, 0.3) is 11.3 Å². The normalized spacial score (nSPS) is 10.5. The van der Waals surface area contributed by atoms with Crippen molar-refractivity contribution in [2.75, 3.05) is 11.9 Å². The highest BCUT2D eigenvalue weighted by atomic mass is 32.1. The van der Waals surface area contributed by atoms with Crippen LogP contribution in [0.4, 0.5) is 10.8 Å². The van der Waals surface area contributed by atoms with E-state index in [0.717, 1.165) is 11.3 Å². The molecular weight excluding hydrogens is 378 g/mol. The fourth-order valence-electron chi connectivity index (χ4n) is 2.56. The molecule has 0 atom stereocenters. The van der Waals surface area contributed by atoms with E-state index in [4.69, 9.17) is 4.74 Å². The van der Waals surface area contributed by atoms with Gasteiger partial charge in [0.2, 0.25) is 5.91 Å². The predicted octanol–water partition coefficient (Wildman–Crippen LogP) is 4.82. The van der Waals surface area contributed by atoms with Gasteiger partial charge in [0.05, 0.1) is 17.2 Å². The van der Waals surface area contributed by atoms with Crippen molar-refractivity contribution in [1.29, 1.82) is 0 Å². The lowest BCUT2D eigenvalue weighted by atomic mass is 10.1. The minimum Gasteiger partial charge on any atom is -0.493 e. The van der Waals surface area contributed by atoms with Crippen molar-refractivity contribution in [3.05, 3.63) is 69.6 Å². The highest BCUT2D eigenvalue weighted by molar-refractivity contribution is 7.14. The van der Waals surface area contributed by atoms with Gasteiger partial charge in [0.1, 0.15) is 5.75 Å². The zero-order chi connectivity index (χ0) is 19.9. The molecule has 0 unspecified atom stereocenters. The van der Waals surface area contributed by atoms with Crippen molar-refractivity contribution >= 4 is 28.1 Å². The van der Waals surface area contributed by atoms with E-state index in [0.29, 0.717) is 35.8 Å². The number of rotatable bonds is 8. The lowest BCUT2D eigenvalue weighted by Gasteiger charge is -2.08. The fourth-order valence-corrected chi connectivity index (χ4v) is 3.29. The number of aromatic nitrogens is 1. The monoisotopic (exact) mass is 397 g/mol. The maximum Gasteiger partial charge on any atom is 0.270 e. The number of non-ortho nitro benzene ring substituents is 1. The number of benzene rings is 2. The van der Waals surface area contributed by atoms with Gasteiger partial charge in [-0.1, -0.05) is 30.3 Å². The number of para-hydroxylation sites is 1. The number of carbonyl (C=O) groups is 1. The second-order valence-electron chi connectivity index (χ2n) is 6.11. The molecule has 0 radical (unpaired) electrons. The summed E-state index contributed by atoms with van der Waals surface area (Å²) in [6.45, 7) is 2.43. The molecule has 0 fully saturated rings. The van der Waals surface area contributed by atoms with E-state index < -0.39 is 4.92 Å². The number of nitro benzene ring substituents is 1. The summed E-state index contributed by atoms with van der Waals surface area (Å²) in [4.78, 5) is 26.9. The van der Waals surface area contributed by atoms with E-state index in [1.165, 1.54) is 23.5 Å². The number of amides is 1. The third kappa shape index (κ3) is 5.14. The van der Waals surface area contributed by atoms with Crippen LogP contribution in [0.1, 0.15) is 18.4 Å². The van der Waals surface area contributed by atoms with Crippen LogP contribution in [0.2, 0.25) is 0 Å². The van der Waals surface area contributed by atoms with E-state index in [1.54, 1.807) is 17.5 Å². The molecule has 8 heteroatoms. The summed E-state index contributed by atoms with van der Waals surface area (Å²) in [6.07, 6.45) is 0.904. The van der Waals surface area contributed by atoms with Crippen molar-refractivity contribution in [2.24, 2.45) is 0 Å². The molecule has 1 heterocycles. The molecule has 1 aromatic heterocycles. The number of nitrogens with zero attached hydrogens (tertiary/aromatic N) is 2. The Morgan fingerprint density at radius 3 is 2.86 bits per heavy atom. The molecule has 1 amide bonds. The number of aryl methyl sites for hydroxylation is 1. The minimum atomic E-state index is -0.447. The molecule has 7 nitrogen and oxygen atoms in total. The van der Waals surface area contributed by atoms with Crippen molar-refractivity contribution < 1.29 is 14.5 Å². The van der Waals surface area contributed by atoms with Gasteiger partial charge in [0.25, 0.3) is 5.69 Å². The van der Waals surface area contributed by atoms with Crippen LogP contribution < -0.4 is 10.1 Å². The molecule has 0 spiro atoms. The molecule has 28 heavy (non-hydrogen) atoms. The Balaban J connectivity index is 1.49. The van der Waals surface area contributed by atoms with Gasteiger partial charge in [0.15, 0.2) is 5.13 Å². The number of anilines is 1. The minimum absolute atomic E-state index is 0.00439. The summed E-state index contributed by atoms with van der Waals surface area (Å²) in [5.41, 5.74) is 2.29. The fraction of sp³-hybridized carbons (Fsp3) is 0.200. The number of thiazole rings is 1. The van der Waals surface area contributed by atoms with Gasteiger partial charge in [-0.25, -0.2) is 4.98 Å². The topological polar surface area (TPSA) is 94.4 Å². The van der Waals surface area contributed by atoms with Crippen LogP contribution in [-0.2, 0) is 4.79 Å². The molecule has 1 N–H and O–H groups in total. The lowest BCUT2D eigenvalue weighted by molar-refractivity contribution is -0.384. The van der Waals surface area contributed by atoms with Crippen LogP contribution in [0.15, 0.2) is 53.9 Å². The van der Waals surface area contributed by atoms with Gasteiger partial charge in [-0.2, -0.15) is 0 Å². The van der Waals surface area contributed by atoms with Gasteiger partial charge in [-0.15, -0.1) is 11.3 Å². The molecule has 0 bridgehead atoms. The number of carbonyl (C=O) groups excluding carboxylic acids is 1. The Labute approximate surface area is 166 Å². The largest absolute Gasteiger partial charge is 0.493 e. The average molecular weight is 397 g/mol. The van der Waals surface area contributed by atoms with E-state index in [2.05, 4.69) is 10.3 Å². The molecule has 0 saturated heterocycles. The van der Waals surface area contributed by atoms with Crippen molar-refractivity contribution in [3.8, 4) is 17.0 Å². The molecular formula is C20H19N3O4S. The second kappa shape index (κ2) is 9.09. The van der Waals surface area contributed by atoms with Crippen LogP contribution in [0.5, 0.6) is 5.75 Å². The molecule has 2 aromatic carbocycles. The lowest BCUT2D eigenvalue weighted by Crippen LogP contribution is -2.12. The smallest absolute Gasteiger partial charge is 0.270 e. The van der Waals surface area contributed by atoms with Gasteiger partial charge in [-0.05, 0) is 25.0 Å². The molecule has 3 aromatic rings. The Kier molecular flexibility index (Phi) is 6.33. The van der Waals surface area contributed by atoms with Crippen LogP contribution >= 0.6 is 11.3 Å². The molecule has 3 rings (SSSR count). The summed E-state index contributed by atoms with van der Waals surface area (Å²) in [5, 5.41) is 15.9. The number of nitro groups is 1. The first kappa shape index (κ1) is 19.5. The van der Waals surface area contributed by atoms with E-state index in [9.17, 15) is 14.9 Å². The molecule has 0 aliphatic heterocycles. The van der Waals surface area contributed by atoms with Crippen molar-refractivity contribution in [1.82, 2.24) is 4.98 Å². The van der Waals surface area contributed by atoms with Crippen LogP contribution in [0.3, 0.4) is 0 Å². The van der Waals surface area contributed by atoms with E-state index >= 15 is 0 Å². The highest BCUT2D eigenvalue weighted by Crippen LogP contribution is 2.27. The van der Waals surface area contributed by atoms with Crippen molar-refractivity contribution in [2.45, 2.75) is 19.8 Å². The Hall–Kier alpha value is -3.26. The third-order valence-corrected chi connectivity index (χ3v) is 4.76. The summed E-state index contributed by atoms with van der Waals surface area (Å²) >= 11 is 1.28. The Morgan fingerprint density at radius 1 is 1.25 bits per heavy atom. The first-order valence-electron chi connectivity index (χ1n) is 8.71. The molecule has 0 aliphatic carbocycles. The first-order chi connectivity index (χ1) is 13.5. The third-order valence-electron chi connectivity index (χ3n) is 4.00. The number of hydrogen-bond acceptors (Lipinski definition) is 6. The quantitative estimate of drug-likeness (QED) is 0.334. The zero-order valence-electron chi connectivity index (χ0n) is 15.3. The van der Waals surface area contributed by atoms with Crippen molar-refractivity contribution in [3.63, 3.8) is 0 Å². The highest BCUT2D eigenvalue weighted by Gasteiger charge is 2.11. The van der Waals surface area contributed by atoms with Gasteiger partial charge in [-0.3, -0.25) is 14.9 Å². The zero-order valence-corrected chi connectivity index (χ0v) is 16.1. The Morgan fingerprint density at radius 2 is 2.07 bits per heavy atom. The van der Waals surface area contributed by atoms with Gasteiger partial charge < -0.3 is 10.1 Å². The Bertz CT molecular complexity index is 987. The average Bonchev–Trinajstić information content (AvgIpc) is 3.15. The number of ether oxygens (including phenoxy) is 1. The number of nitrogens with one attached hydrogen (secondary N) is 1. The van der Waals surface area contributed by atoms with E-state index in [1.807, 2.05) is 31.2 Å². The van der Waals surface area contributed by atoms with Gasteiger partial charge in [0, 0.05) is 29.5 Å².